The molecule has 0 bridgehead atoms. The number of carboxylic acids is 2. The van der Waals surface area contributed by atoms with E-state index < -0.39 is 29.9 Å². The molecular formula is C11H20O7. The quantitative estimate of drug-likeness (QED) is 0.556. The summed E-state index contributed by atoms with van der Waals surface area (Å²) in [6, 6.07) is 0. The van der Waals surface area contributed by atoms with Crippen LogP contribution in [-0.4, -0.2) is 55.4 Å². The number of rotatable bonds is 10. The third-order valence-electron chi connectivity index (χ3n) is 2.78. The van der Waals surface area contributed by atoms with Crippen LogP contribution in [0.1, 0.15) is 19.8 Å². The molecule has 0 aromatic heterocycles. The first-order valence-electron chi connectivity index (χ1n) is 5.50. The van der Waals surface area contributed by atoms with Crippen LogP contribution in [0.5, 0.6) is 0 Å². The largest absolute Gasteiger partial charge is 0.481 e. The van der Waals surface area contributed by atoms with E-state index in [-0.39, 0.29) is 19.8 Å². The van der Waals surface area contributed by atoms with Crippen molar-refractivity contribution in [3.05, 3.63) is 0 Å². The lowest BCUT2D eigenvalue weighted by Gasteiger charge is -2.36. The second-order valence-corrected chi connectivity index (χ2v) is 3.89. The molecule has 0 heterocycles. The van der Waals surface area contributed by atoms with Crippen molar-refractivity contribution in [3.63, 3.8) is 0 Å². The molecule has 0 aliphatic carbocycles. The van der Waals surface area contributed by atoms with Gasteiger partial charge < -0.3 is 24.4 Å². The van der Waals surface area contributed by atoms with Crippen LogP contribution in [0.15, 0.2) is 0 Å². The van der Waals surface area contributed by atoms with E-state index in [9.17, 15) is 14.7 Å². The number of aliphatic carboxylic acids is 2. The van der Waals surface area contributed by atoms with Gasteiger partial charge in [-0.25, -0.2) is 0 Å². The summed E-state index contributed by atoms with van der Waals surface area (Å²) in [6.45, 7) is 1.37. The standard InChI is InChI=1S/C11H20O7/c1-4-11(5-9(12)13,18-7-17-3)8(6-16-2)10(14)15/h8H,4-7H2,1-3H3,(H,12,13)(H,14,15)/t8?,11-/m1/s1. The molecule has 0 spiro atoms. The minimum atomic E-state index is -1.34. The molecule has 0 aromatic carbocycles. The topological polar surface area (TPSA) is 102 Å². The van der Waals surface area contributed by atoms with Crippen LogP contribution in [0, 0.1) is 5.92 Å². The van der Waals surface area contributed by atoms with E-state index in [0.29, 0.717) is 0 Å². The van der Waals surface area contributed by atoms with E-state index >= 15 is 0 Å². The van der Waals surface area contributed by atoms with Gasteiger partial charge in [-0.15, -0.1) is 0 Å². The third kappa shape index (κ3) is 4.59. The number of ether oxygens (including phenoxy) is 3. The Morgan fingerprint density at radius 2 is 1.83 bits per heavy atom. The number of methoxy groups -OCH3 is 2. The number of hydrogen-bond donors (Lipinski definition) is 2. The maximum Gasteiger partial charge on any atom is 0.311 e. The van der Waals surface area contributed by atoms with E-state index in [1.54, 1.807) is 6.92 Å². The average molecular weight is 264 g/mol. The van der Waals surface area contributed by atoms with Gasteiger partial charge in [0.1, 0.15) is 12.7 Å². The highest BCUT2D eigenvalue weighted by Crippen LogP contribution is 2.31. The molecule has 106 valence electrons. The molecule has 0 fully saturated rings. The normalized spacial score (nSPS) is 15.9. The lowest BCUT2D eigenvalue weighted by Crippen LogP contribution is -2.48. The molecule has 18 heavy (non-hydrogen) atoms. The molecule has 0 aromatic rings. The summed E-state index contributed by atoms with van der Waals surface area (Å²) in [6.07, 6.45) is -0.198. The molecule has 0 saturated heterocycles. The van der Waals surface area contributed by atoms with Crippen LogP contribution in [0.4, 0.5) is 0 Å². The van der Waals surface area contributed by atoms with Gasteiger partial charge in [0.2, 0.25) is 0 Å². The van der Waals surface area contributed by atoms with Crippen LogP contribution in [0.25, 0.3) is 0 Å². The van der Waals surface area contributed by atoms with Gasteiger partial charge in [-0.05, 0) is 6.42 Å². The van der Waals surface area contributed by atoms with Crippen molar-refractivity contribution in [2.24, 2.45) is 5.92 Å². The Labute approximate surface area is 106 Å². The number of carbonyl (C=O) groups is 2. The zero-order valence-electron chi connectivity index (χ0n) is 10.8. The lowest BCUT2D eigenvalue weighted by atomic mass is 9.82. The molecule has 0 aliphatic heterocycles. The molecule has 2 N–H and O–H groups in total. The van der Waals surface area contributed by atoms with Gasteiger partial charge in [0, 0.05) is 14.2 Å². The van der Waals surface area contributed by atoms with E-state index in [2.05, 4.69) is 0 Å². The molecular weight excluding hydrogens is 244 g/mol. The Hall–Kier alpha value is -1.18. The van der Waals surface area contributed by atoms with E-state index in [1.165, 1.54) is 14.2 Å². The van der Waals surface area contributed by atoms with Gasteiger partial charge in [0.05, 0.1) is 18.6 Å². The first-order chi connectivity index (χ1) is 8.43. The zero-order valence-corrected chi connectivity index (χ0v) is 10.8. The molecule has 7 heteroatoms. The van der Waals surface area contributed by atoms with Crippen LogP contribution in [0.3, 0.4) is 0 Å². The van der Waals surface area contributed by atoms with Gasteiger partial charge in [-0.3, -0.25) is 9.59 Å². The van der Waals surface area contributed by atoms with Crippen molar-refractivity contribution in [3.8, 4) is 0 Å². The predicted molar refractivity (Wildman–Crippen MR) is 61.2 cm³/mol. The molecule has 0 saturated carbocycles. The van der Waals surface area contributed by atoms with E-state index in [0.717, 1.165) is 0 Å². The molecule has 1 unspecified atom stereocenters. The van der Waals surface area contributed by atoms with Crippen LogP contribution in [0.2, 0.25) is 0 Å². The lowest BCUT2D eigenvalue weighted by molar-refractivity contribution is -0.191. The fourth-order valence-electron chi connectivity index (χ4n) is 1.80. The molecule has 0 rings (SSSR count). The summed E-state index contributed by atoms with van der Waals surface area (Å²) in [7, 11) is 2.74. The summed E-state index contributed by atoms with van der Waals surface area (Å²) in [5.41, 5.74) is -1.34. The van der Waals surface area contributed by atoms with Crippen molar-refractivity contribution >= 4 is 11.9 Å². The second kappa shape index (κ2) is 8.02. The molecule has 0 radical (unpaired) electrons. The smallest absolute Gasteiger partial charge is 0.311 e. The summed E-state index contributed by atoms with van der Waals surface area (Å²) in [5, 5.41) is 18.1. The first-order valence-corrected chi connectivity index (χ1v) is 5.50. The van der Waals surface area contributed by atoms with Gasteiger partial charge in [-0.2, -0.15) is 0 Å². The summed E-state index contributed by atoms with van der Waals surface area (Å²) in [4.78, 5) is 22.2. The Morgan fingerprint density at radius 1 is 1.22 bits per heavy atom. The second-order valence-electron chi connectivity index (χ2n) is 3.89. The Bertz CT molecular complexity index is 279. The van der Waals surface area contributed by atoms with Gasteiger partial charge in [0.25, 0.3) is 0 Å². The monoisotopic (exact) mass is 264 g/mol. The maximum atomic E-state index is 11.2. The summed E-state index contributed by atoms with van der Waals surface area (Å²) >= 11 is 0. The van der Waals surface area contributed by atoms with E-state index in [4.69, 9.17) is 19.3 Å². The zero-order chi connectivity index (χ0) is 14.2. The highest BCUT2D eigenvalue weighted by molar-refractivity contribution is 5.75. The third-order valence-corrected chi connectivity index (χ3v) is 2.78. The van der Waals surface area contributed by atoms with Crippen LogP contribution < -0.4 is 0 Å². The summed E-state index contributed by atoms with van der Waals surface area (Å²) < 4.78 is 14.9. The predicted octanol–water partition coefficient (Wildman–Crippen LogP) is 0.578. The van der Waals surface area contributed by atoms with Crippen LogP contribution in [-0.2, 0) is 23.8 Å². The molecule has 0 aliphatic rings. The molecule has 2 atom stereocenters. The van der Waals surface area contributed by atoms with Crippen molar-refractivity contribution in [2.45, 2.75) is 25.4 Å². The van der Waals surface area contributed by atoms with Crippen molar-refractivity contribution in [1.82, 2.24) is 0 Å². The number of hydrogen-bond acceptors (Lipinski definition) is 5. The SMILES string of the molecule is CC[C@](CC(=O)O)(OCOC)C(COC)C(=O)O. The highest BCUT2D eigenvalue weighted by atomic mass is 16.7. The molecule has 0 amide bonds. The fraction of sp³-hybridized carbons (Fsp3) is 0.818. The van der Waals surface area contributed by atoms with Crippen molar-refractivity contribution < 1.29 is 34.0 Å². The number of carboxylic acid groups (broad SMARTS) is 2. The first kappa shape index (κ1) is 16.8. The molecule has 7 nitrogen and oxygen atoms in total. The Balaban J connectivity index is 5.19. The van der Waals surface area contributed by atoms with E-state index in [1.807, 2.05) is 0 Å². The Kier molecular flexibility index (Phi) is 7.49. The minimum absolute atomic E-state index is 0.125. The highest BCUT2D eigenvalue weighted by Gasteiger charge is 2.45. The van der Waals surface area contributed by atoms with Gasteiger partial charge in [0.15, 0.2) is 0 Å². The van der Waals surface area contributed by atoms with Crippen molar-refractivity contribution in [1.29, 1.82) is 0 Å². The summed E-state index contributed by atoms with van der Waals surface area (Å²) in [5.74, 6) is -3.36. The van der Waals surface area contributed by atoms with Crippen molar-refractivity contribution in [2.75, 3.05) is 27.6 Å². The van der Waals surface area contributed by atoms with Gasteiger partial charge >= 0.3 is 11.9 Å². The average Bonchev–Trinajstić information content (AvgIpc) is 2.31. The van der Waals surface area contributed by atoms with Crippen LogP contribution >= 0.6 is 0 Å². The Morgan fingerprint density at radius 3 is 2.17 bits per heavy atom. The van der Waals surface area contributed by atoms with Gasteiger partial charge in [-0.1, -0.05) is 6.92 Å². The maximum absolute atomic E-state index is 11.2. The minimum Gasteiger partial charge on any atom is -0.481 e. The fourth-order valence-corrected chi connectivity index (χ4v) is 1.80.